The molecule has 1 saturated heterocycles. The molecule has 1 aliphatic heterocycles. The first kappa shape index (κ1) is 22.2. The summed E-state index contributed by atoms with van der Waals surface area (Å²) in [5.74, 6) is -0.117. The average molecular weight is 481 g/mol. The standard InChI is InChI=1S/C28H24N4O4/c1-19(21-10-6-3-7-11-21)32-25(33)28(36-26(32)34,18-20-8-4-2-5-9-20)24-31-30-23(35-24)27(14-15-27)22-12-16-29-17-13-22/h2-13,16-17,19H,14-15,18H2,1H3/t19-,28-/m1/s1. The molecule has 4 aromatic rings. The molecule has 2 aromatic carbocycles. The fourth-order valence-electron chi connectivity index (χ4n) is 4.94. The van der Waals surface area contributed by atoms with Crippen LogP contribution in [0, 0.1) is 0 Å². The third-order valence-corrected chi connectivity index (χ3v) is 7.15. The van der Waals surface area contributed by atoms with Gasteiger partial charge in [0.05, 0.1) is 11.5 Å². The van der Waals surface area contributed by atoms with Gasteiger partial charge in [0, 0.05) is 18.8 Å². The maximum absolute atomic E-state index is 14.0. The Morgan fingerprint density at radius 1 is 0.889 bits per heavy atom. The summed E-state index contributed by atoms with van der Waals surface area (Å²) in [7, 11) is 0. The second-order valence-electron chi connectivity index (χ2n) is 9.35. The topological polar surface area (TPSA) is 98.4 Å². The second-order valence-corrected chi connectivity index (χ2v) is 9.35. The maximum Gasteiger partial charge on any atom is 0.418 e. The molecule has 2 amide bonds. The van der Waals surface area contributed by atoms with E-state index in [1.54, 1.807) is 19.3 Å². The van der Waals surface area contributed by atoms with Gasteiger partial charge in [-0.05, 0) is 48.6 Å². The van der Waals surface area contributed by atoms with Crippen LogP contribution in [0.15, 0.2) is 89.6 Å². The van der Waals surface area contributed by atoms with Crippen molar-refractivity contribution in [2.45, 2.75) is 43.2 Å². The molecule has 6 rings (SSSR count). The van der Waals surface area contributed by atoms with Gasteiger partial charge < -0.3 is 9.15 Å². The minimum atomic E-state index is -1.75. The lowest BCUT2D eigenvalue weighted by Crippen LogP contribution is -2.42. The molecule has 2 atom stereocenters. The number of hydrogen-bond donors (Lipinski definition) is 0. The number of imide groups is 1. The number of cyclic esters (lactones) is 1. The van der Waals surface area contributed by atoms with Gasteiger partial charge in [-0.3, -0.25) is 9.78 Å². The predicted octanol–water partition coefficient (Wildman–Crippen LogP) is 4.72. The summed E-state index contributed by atoms with van der Waals surface area (Å²) in [5, 5.41) is 8.64. The van der Waals surface area contributed by atoms with Crippen LogP contribution in [-0.2, 0) is 27.0 Å². The molecule has 8 heteroatoms. The summed E-state index contributed by atoms with van der Waals surface area (Å²) in [6.45, 7) is 1.80. The molecule has 0 bridgehead atoms. The van der Waals surface area contributed by atoms with Crippen LogP contribution < -0.4 is 0 Å². The Hall–Kier alpha value is -4.33. The Morgan fingerprint density at radius 3 is 2.19 bits per heavy atom. The highest BCUT2D eigenvalue weighted by Crippen LogP contribution is 2.53. The minimum Gasteiger partial charge on any atom is -0.422 e. The van der Waals surface area contributed by atoms with Crippen LogP contribution in [0.3, 0.4) is 0 Å². The van der Waals surface area contributed by atoms with Gasteiger partial charge in [-0.15, -0.1) is 10.2 Å². The Kier molecular flexibility index (Phi) is 5.17. The molecule has 0 N–H and O–H groups in total. The molecule has 36 heavy (non-hydrogen) atoms. The van der Waals surface area contributed by atoms with Crippen LogP contribution in [0.2, 0.25) is 0 Å². The average Bonchev–Trinajstić information content (AvgIpc) is 3.50. The lowest BCUT2D eigenvalue weighted by molar-refractivity contribution is -0.140. The van der Waals surface area contributed by atoms with Crippen molar-refractivity contribution in [3.8, 4) is 0 Å². The zero-order chi connectivity index (χ0) is 24.8. The monoisotopic (exact) mass is 480 g/mol. The van der Waals surface area contributed by atoms with Gasteiger partial charge in [-0.1, -0.05) is 60.7 Å². The van der Waals surface area contributed by atoms with E-state index in [-0.39, 0.29) is 12.3 Å². The Bertz CT molecular complexity index is 1400. The van der Waals surface area contributed by atoms with E-state index in [9.17, 15) is 9.59 Å². The highest BCUT2D eigenvalue weighted by Gasteiger charge is 2.61. The lowest BCUT2D eigenvalue weighted by atomic mass is 9.92. The number of benzene rings is 2. The van der Waals surface area contributed by atoms with Crippen LogP contribution in [0.25, 0.3) is 0 Å². The SMILES string of the molecule is C[C@H](c1ccccc1)N1C(=O)O[C@](Cc2ccccc2)(c2nnc(C3(c4ccncc4)CC3)o2)C1=O. The first-order valence-electron chi connectivity index (χ1n) is 11.9. The molecule has 2 fully saturated rings. The number of carbonyl (C=O) groups excluding carboxylic acids is 2. The third-order valence-electron chi connectivity index (χ3n) is 7.15. The van der Waals surface area contributed by atoms with E-state index >= 15 is 0 Å². The van der Waals surface area contributed by atoms with E-state index in [1.165, 1.54) is 0 Å². The van der Waals surface area contributed by atoms with E-state index < -0.39 is 29.1 Å². The Labute approximate surface area is 207 Å². The zero-order valence-corrected chi connectivity index (χ0v) is 19.7. The molecule has 1 aliphatic carbocycles. The van der Waals surface area contributed by atoms with E-state index in [0.717, 1.165) is 34.4 Å². The maximum atomic E-state index is 14.0. The van der Waals surface area contributed by atoms with Gasteiger partial charge in [-0.2, -0.15) is 0 Å². The summed E-state index contributed by atoms with van der Waals surface area (Å²) < 4.78 is 12.1. The summed E-state index contributed by atoms with van der Waals surface area (Å²) in [6, 6.07) is 22.1. The highest BCUT2D eigenvalue weighted by atomic mass is 16.6. The molecule has 0 spiro atoms. The molecular formula is C28H24N4O4. The van der Waals surface area contributed by atoms with E-state index in [2.05, 4.69) is 15.2 Å². The first-order valence-corrected chi connectivity index (χ1v) is 11.9. The summed E-state index contributed by atoms with van der Waals surface area (Å²) in [5.41, 5.74) is 0.493. The molecule has 8 nitrogen and oxygen atoms in total. The van der Waals surface area contributed by atoms with Crippen molar-refractivity contribution in [2.24, 2.45) is 0 Å². The van der Waals surface area contributed by atoms with E-state index in [1.807, 2.05) is 72.8 Å². The zero-order valence-electron chi connectivity index (χ0n) is 19.7. The van der Waals surface area contributed by atoms with Crippen molar-refractivity contribution in [3.05, 3.63) is 114 Å². The predicted molar refractivity (Wildman–Crippen MR) is 129 cm³/mol. The van der Waals surface area contributed by atoms with Crippen molar-refractivity contribution in [1.82, 2.24) is 20.1 Å². The number of pyridine rings is 1. The van der Waals surface area contributed by atoms with Gasteiger partial charge >= 0.3 is 6.09 Å². The number of hydrogen-bond acceptors (Lipinski definition) is 7. The molecule has 180 valence electrons. The van der Waals surface area contributed by atoms with Gasteiger partial charge in [0.1, 0.15) is 0 Å². The molecule has 1 saturated carbocycles. The summed E-state index contributed by atoms with van der Waals surface area (Å²) in [6.07, 6.45) is 4.50. The number of carbonyl (C=O) groups is 2. The molecule has 0 unspecified atom stereocenters. The molecule has 2 aromatic heterocycles. The van der Waals surface area contributed by atoms with Crippen LogP contribution >= 0.6 is 0 Å². The van der Waals surface area contributed by atoms with Crippen molar-refractivity contribution in [2.75, 3.05) is 0 Å². The number of rotatable bonds is 7. The quantitative estimate of drug-likeness (QED) is 0.377. The third kappa shape index (κ3) is 3.48. The number of nitrogens with zero attached hydrogens (tertiary/aromatic N) is 4. The molecule has 3 heterocycles. The fourth-order valence-corrected chi connectivity index (χ4v) is 4.94. The number of amides is 2. The molecule has 0 radical (unpaired) electrons. The van der Waals surface area contributed by atoms with Crippen LogP contribution in [0.4, 0.5) is 4.79 Å². The Balaban J connectivity index is 1.41. The van der Waals surface area contributed by atoms with Crippen molar-refractivity contribution >= 4 is 12.0 Å². The smallest absolute Gasteiger partial charge is 0.418 e. The second kappa shape index (κ2) is 8.41. The fraction of sp³-hybridized carbons (Fsp3) is 0.250. The lowest BCUT2D eigenvalue weighted by Gasteiger charge is -2.24. The Morgan fingerprint density at radius 2 is 1.53 bits per heavy atom. The largest absolute Gasteiger partial charge is 0.422 e. The minimum absolute atomic E-state index is 0.0113. The highest BCUT2D eigenvalue weighted by molar-refractivity contribution is 6.03. The first-order chi connectivity index (χ1) is 17.5. The van der Waals surface area contributed by atoms with Gasteiger partial charge in [-0.25, -0.2) is 9.69 Å². The van der Waals surface area contributed by atoms with Crippen molar-refractivity contribution in [3.63, 3.8) is 0 Å². The summed E-state index contributed by atoms with van der Waals surface area (Å²) in [4.78, 5) is 32.5. The van der Waals surface area contributed by atoms with Crippen LogP contribution in [-0.4, -0.2) is 32.1 Å². The van der Waals surface area contributed by atoms with E-state index in [4.69, 9.17) is 9.15 Å². The van der Waals surface area contributed by atoms with Gasteiger partial charge in [0.15, 0.2) is 0 Å². The van der Waals surface area contributed by atoms with Crippen molar-refractivity contribution < 1.29 is 18.7 Å². The van der Waals surface area contributed by atoms with Crippen molar-refractivity contribution in [1.29, 1.82) is 0 Å². The number of aromatic nitrogens is 3. The summed E-state index contributed by atoms with van der Waals surface area (Å²) >= 11 is 0. The number of ether oxygens (including phenoxy) is 1. The van der Waals surface area contributed by atoms with Gasteiger partial charge in [0.25, 0.3) is 17.4 Å². The van der Waals surface area contributed by atoms with E-state index in [0.29, 0.717) is 5.89 Å². The molecular weight excluding hydrogens is 456 g/mol. The van der Waals surface area contributed by atoms with Gasteiger partial charge in [0.2, 0.25) is 5.89 Å². The molecule has 2 aliphatic rings. The van der Waals surface area contributed by atoms with Crippen LogP contribution in [0.5, 0.6) is 0 Å². The normalized spacial score (nSPS) is 21.3. The van der Waals surface area contributed by atoms with Crippen LogP contribution in [0.1, 0.15) is 54.3 Å².